The van der Waals surface area contributed by atoms with Gasteiger partial charge in [-0.25, -0.2) is 0 Å². The Bertz CT molecular complexity index is 289. The van der Waals surface area contributed by atoms with E-state index in [1.165, 1.54) is 4.88 Å². The van der Waals surface area contributed by atoms with Crippen LogP contribution in [0.1, 0.15) is 32.1 Å². The van der Waals surface area contributed by atoms with Crippen LogP contribution < -0.4 is 5.32 Å². The number of rotatable bonds is 7. The Morgan fingerprint density at radius 1 is 1.56 bits per heavy atom. The van der Waals surface area contributed by atoms with Crippen LogP contribution in [0.25, 0.3) is 0 Å². The number of aromatic nitrogens is 1. The molecule has 1 aromatic heterocycles. The second-order valence-electron chi connectivity index (χ2n) is 4.11. The maximum atomic E-state index is 5.90. The number of nitrogens with one attached hydrogen (secondary N) is 1. The van der Waals surface area contributed by atoms with Crippen molar-refractivity contribution in [2.75, 3.05) is 13.7 Å². The highest BCUT2D eigenvalue weighted by Crippen LogP contribution is 2.24. The van der Waals surface area contributed by atoms with Crippen LogP contribution in [0.15, 0.2) is 11.7 Å². The average Bonchev–Trinajstić information content (AvgIpc) is 2.78. The molecule has 0 aliphatic carbocycles. The van der Waals surface area contributed by atoms with Crippen molar-refractivity contribution < 1.29 is 4.74 Å². The summed E-state index contributed by atoms with van der Waals surface area (Å²) in [5.74, 6) is 0. The van der Waals surface area contributed by atoms with Crippen molar-refractivity contribution >= 4 is 11.3 Å². The van der Waals surface area contributed by atoms with Crippen LogP contribution >= 0.6 is 11.3 Å². The van der Waals surface area contributed by atoms with Gasteiger partial charge in [0.05, 0.1) is 11.1 Å². The topological polar surface area (TPSA) is 34.1 Å². The summed E-state index contributed by atoms with van der Waals surface area (Å²) in [6.07, 6.45) is 3.92. The molecule has 0 fully saturated rings. The Kier molecular flexibility index (Phi) is 5.38. The molecule has 4 heteroatoms. The third kappa shape index (κ3) is 3.27. The van der Waals surface area contributed by atoms with Gasteiger partial charge in [0.25, 0.3) is 0 Å². The zero-order valence-corrected chi connectivity index (χ0v) is 11.4. The van der Waals surface area contributed by atoms with E-state index in [0.29, 0.717) is 6.04 Å². The van der Waals surface area contributed by atoms with Gasteiger partial charge in [-0.15, -0.1) is 11.3 Å². The fraction of sp³-hybridized carbons (Fsp3) is 0.750. The Balaban J connectivity index is 2.71. The average molecular weight is 242 g/mol. The van der Waals surface area contributed by atoms with Crippen LogP contribution in [0.5, 0.6) is 0 Å². The van der Waals surface area contributed by atoms with E-state index in [2.05, 4.69) is 24.1 Å². The Hall–Kier alpha value is -0.450. The first-order chi connectivity index (χ1) is 7.66. The van der Waals surface area contributed by atoms with Crippen molar-refractivity contribution in [2.24, 2.45) is 0 Å². The van der Waals surface area contributed by atoms with Gasteiger partial charge in [-0.3, -0.25) is 4.98 Å². The first kappa shape index (κ1) is 13.6. The predicted molar refractivity (Wildman–Crippen MR) is 69.0 cm³/mol. The highest BCUT2D eigenvalue weighted by Gasteiger charge is 2.32. The molecule has 0 spiro atoms. The molecule has 1 heterocycles. The molecule has 2 atom stereocenters. The zero-order chi connectivity index (χ0) is 12.0. The van der Waals surface area contributed by atoms with Crippen molar-refractivity contribution in [3.05, 3.63) is 16.6 Å². The summed E-state index contributed by atoms with van der Waals surface area (Å²) in [6, 6.07) is 0.331. The number of thiazole rings is 1. The molecular weight excluding hydrogens is 220 g/mol. The van der Waals surface area contributed by atoms with E-state index >= 15 is 0 Å². The van der Waals surface area contributed by atoms with Crippen LogP contribution in [0.4, 0.5) is 0 Å². The molecule has 92 valence electrons. The summed E-state index contributed by atoms with van der Waals surface area (Å²) in [5.41, 5.74) is 1.78. The standard InChI is InChI=1S/C12H22N2OS/c1-5-12(3,15-6-2)11(13-4)7-10-8-14-9-16-10/h8-9,11,13H,5-7H2,1-4H3. The molecule has 16 heavy (non-hydrogen) atoms. The third-order valence-corrected chi connectivity index (χ3v) is 3.95. The molecule has 0 saturated carbocycles. The summed E-state index contributed by atoms with van der Waals surface area (Å²) in [5, 5.41) is 3.37. The molecule has 0 aliphatic heterocycles. The molecule has 0 bridgehead atoms. The van der Waals surface area contributed by atoms with Crippen LogP contribution in [-0.4, -0.2) is 30.3 Å². The number of likely N-dealkylation sites (N-methyl/N-ethyl adjacent to an activating group) is 1. The van der Waals surface area contributed by atoms with E-state index < -0.39 is 0 Å². The highest BCUT2D eigenvalue weighted by atomic mass is 32.1. The van der Waals surface area contributed by atoms with Gasteiger partial charge in [-0.05, 0) is 27.3 Å². The molecular formula is C12H22N2OS. The minimum absolute atomic E-state index is 0.104. The first-order valence-corrected chi connectivity index (χ1v) is 6.72. The smallest absolute Gasteiger partial charge is 0.0807 e. The van der Waals surface area contributed by atoms with E-state index in [4.69, 9.17) is 4.74 Å². The minimum atomic E-state index is -0.104. The summed E-state index contributed by atoms with van der Waals surface area (Å²) in [7, 11) is 2.00. The Morgan fingerprint density at radius 3 is 2.75 bits per heavy atom. The number of nitrogens with zero attached hydrogens (tertiary/aromatic N) is 1. The first-order valence-electron chi connectivity index (χ1n) is 5.84. The Morgan fingerprint density at radius 2 is 2.31 bits per heavy atom. The minimum Gasteiger partial charge on any atom is -0.374 e. The number of ether oxygens (including phenoxy) is 1. The van der Waals surface area contributed by atoms with E-state index in [1.54, 1.807) is 11.3 Å². The molecule has 2 unspecified atom stereocenters. The largest absolute Gasteiger partial charge is 0.374 e. The lowest BCUT2D eigenvalue weighted by molar-refractivity contribution is -0.0532. The SMILES string of the molecule is CCOC(C)(CC)C(Cc1cncs1)NC. The van der Waals surface area contributed by atoms with Crippen LogP contribution in [0.3, 0.4) is 0 Å². The van der Waals surface area contributed by atoms with Crippen molar-refractivity contribution in [1.82, 2.24) is 10.3 Å². The fourth-order valence-electron chi connectivity index (χ4n) is 1.95. The molecule has 0 amide bonds. The molecule has 0 aromatic carbocycles. The molecule has 3 nitrogen and oxygen atoms in total. The van der Waals surface area contributed by atoms with Gasteiger partial charge in [-0.1, -0.05) is 6.92 Å². The third-order valence-electron chi connectivity index (χ3n) is 3.15. The lowest BCUT2D eigenvalue weighted by atomic mass is 9.90. The molecule has 1 rings (SSSR count). The van der Waals surface area contributed by atoms with Crippen LogP contribution in [0.2, 0.25) is 0 Å². The number of hydrogen-bond donors (Lipinski definition) is 1. The highest BCUT2D eigenvalue weighted by molar-refractivity contribution is 7.09. The van der Waals surface area contributed by atoms with Crippen LogP contribution in [0, 0.1) is 0 Å². The van der Waals surface area contributed by atoms with E-state index in [1.807, 2.05) is 25.7 Å². The van der Waals surface area contributed by atoms with E-state index in [0.717, 1.165) is 19.4 Å². The zero-order valence-electron chi connectivity index (χ0n) is 10.6. The Labute approximate surface area is 102 Å². The summed E-state index contributed by atoms with van der Waals surface area (Å²) < 4.78 is 5.90. The van der Waals surface area contributed by atoms with Gasteiger partial charge in [0.2, 0.25) is 0 Å². The second kappa shape index (κ2) is 6.33. The lowest BCUT2D eigenvalue weighted by Gasteiger charge is -2.36. The molecule has 1 aromatic rings. The number of hydrogen-bond acceptors (Lipinski definition) is 4. The quantitative estimate of drug-likeness (QED) is 0.797. The van der Waals surface area contributed by atoms with Gasteiger partial charge in [0.15, 0.2) is 0 Å². The van der Waals surface area contributed by atoms with E-state index in [9.17, 15) is 0 Å². The normalized spacial score (nSPS) is 17.0. The van der Waals surface area contributed by atoms with Gasteiger partial charge < -0.3 is 10.1 Å². The van der Waals surface area contributed by atoms with Crippen molar-refractivity contribution in [1.29, 1.82) is 0 Å². The maximum Gasteiger partial charge on any atom is 0.0807 e. The molecule has 0 radical (unpaired) electrons. The van der Waals surface area contributed by atoms with Crippen molar-refractivity contribution in [3.8, 4) is 0 Å². The van der Waals surface area contributed by atoms with Gasteiger partial charge in [-0.2, -0.15) is 0 Å². The van der Waals surface area contributed by atoms with Crippen LogP contribution in [-0.2, 0) is 11.2 Å². The van der Waals surface area contributed by atoms with Gasteiger partial charge >= 0.3 is 0 Å². The predicted octanol–water partition coefficient (Wildman–Crippen LogP) is 2.48. The second-order valence-corrected chi connectivity index (χ2v) is 5.08. The molecule has 1 N–H and O–H groups in total. The summed E-state index contributed by atoms with van der Waals surface area (Å²) in [6.45, 7) is 7.16. The van der Waals surface area contributed by atoms with Crippen molar-refractivity contribution in [2.45, 2.75) is 45.3 Å². The van der Waals surface area contributed by atoms with E-state index in [-0.39, 0.29) is 5.60 Å². The van der Waals surface area contributed by atoms with Crippen molar-refractivity contribution in [3.63, 3.8) is 0 Å². The van der Waals surface area contributed by atoms with Gasteiger partial charge in [0, 0.05) is 30.1 Å². The summed E-state index contributed by atoms with van der Waals surface area (Å²) >= 11 is 1.70. The summed E-state index contributed by atoms with van der Waals surface area (Å²) in [4.78, 5) is 5.42. The van der Waals surface area contributed by atoms with Gasteiger partial charge in [0.1, 0.15) is 0 Å². The maximum absolute atomic E-state index is 5.90. The lowest BCUT2D eigenvalue weighted by Crippen LogP contribution is -2.50. The monoisotopic (exact) mass is 242 g/mol. The molecule has 0 saturated heterocycles. The molecule has 0 aliphatic rings. The fourth-order valence-corrected chi connectivity index (χ4v) is 2.59.